The number of fused-ring (bicyclic) bond motifs is 1. The van der Waals surface area contributed by atoms with Crippen molar-refractivity contribution in [2.24, 2.45) is 0 Å². The summed E-state index contributed by atoms with van der Waals surface area (Å²) in [5.41, 5.74) is 2.52. The Balaban J connectivity index is 1.62. The van der Waals surface area contributed by atoms with Gasteiger partial charge in [-0.15, -0.1) is 11.3 Å². The molecule has 0 unspecified atom stereocenters. The first-order valence-corrected chi connectivity index (χ1v) is 9.93. The number of anilines is 1. The second-order valence-corrected chi connectivity index (χ2v) is 7.58. The molecule has 7 heteroatoms. The Morgan fingerprint density at radius 3 is 2.89 bits per heavy atom. The summed E-state index contributed by atoms with van der Waals surface area (Å²) in [6, 6.07) is 14.9. The normalized spacial score (nSPS) is 14.2. The molecule has 3 N–H and O–H groups in total. The van der Waals surface area contributed by atoms with Gasteiger partial charge < -0.3 is 15.3 Å². The number of benzene rings is 2. The van der Waals surface area contributed by atoms with E-state index in [1.807, 2.05) is 37.3 Å². The monoisotopic (exact) mass is 392 g/mol. The molecule has 6 nitrogen and oxygen atoms in total. The summed E-state index contributed by atoms with van der Waals surface area (Å²) in [6.07, 6.45) is 0.867. The van der Waals surface area contributed by atoms with Gasteiger partial charge >= 0.3 is 0 Å². The second kappa shape index (κ2) is 7.44. The van der Waals surface area contributed by atoms with Crippen molar-refractivity contribution in [3.05, 3.63) is 64.9 Å². The van der Waals surface area contributed by atoms with Crippen LogP contribution in [0.25, 0.3) is 15.8 Å². The van der Waals surface area contributed by atoms with Crippen LogP contribution in [0.4, 0.5) is 5.69 Å². The molecule has 28 heavy (non-hydrogen) atoms. The lowest BCUT2D eigenvalue weighted by Crippen LogP contribution is -2.27. The zero-order chi connectivity index (χ0) is 19.7. The number of hydrogen-bond acceptors (Lipinski definition) is 5. The van der Waals surface area contributed by atoms with E-state index in [9.17, 15) is 9.90 Å². The van der Waals surface area contributed by atoms with Crippen LogP contribution in [0, 0.1) is 5.41 Å². The van der Waals surface area contributed by atoms with Crippen LogP contribution in [-0.2, 0) is 0 Å². The summed E-state index contributed by atoms with van der Waals surface area (Å²) in [5.74, 6) is 0.158. The molecular formula is C21H20N4O2S. The van der Waals surface area contributed by atoms with E-state index in [1.165, 1.54) is 11.3 Å². The summed E-state index contributed by atoms with van der Waals surface area (Å²) in [7, 11) is 0. The number of aromatic nitrogens is 1. The Labute approximate surface area is 166 Å². The first kappa shape index (κ1) is 18.2. The molecule has 0 saturated heterocycles. The van der Waals surface area contributed by atoms with Crippen LogP contribution in [0.5, 0.6) is 0 Å². The Bertz CT molecular complexity index is 1070. The number of hydrogen-bond donors (Lipinski definition) is 3. The highest BCUT2D eigenvalue weighted by Crippen LogP contribution is 2.35. The van der Waals surface area contributed by atoms with Gasteiger partial charge in [-0.2, -0.15) is 0 Å². The van der Waals surface area contributed by atoms with Crippen molar-refractivity contribution in [1.82, 2.24) is 10.3 Å². The number of carbonyl (C=O) groups is 1. The van der Waals surface area contributed by atoms with Gasteiger partial charge in [0, 0.05) is 17.8 Å². The molecule has 0 radical (unpaired) electrons. The minimum absolute atomic E-state index is 0.116. The molecule has 0 saturated carbocycles. The van der Waals surface area contributed by atoms with Crippen molar-refractivity contribution < 1.29 is 9.90 Å². The molecule has 1 aliphatic heterocycles. The fraction of sp³-hybridized carbons (Fsp3) is 0.190. The van der Waals surface area contributed by atoms with E-state index >= 15 is 0 Å². The van der Waals surface area contributed by atoms with Crippen molar-refractivity contribution in [3.63, 3.8) is 0 Å². The lowest BCUT2D eigenvalue weighted by molar-refractivity contribution is 0.0953. The van der Waals surface area contributed by atoms with Crippen LogP contribution in [0.1, 0.15) is 28.7 Å². The van der Waals surface area contributed by atoms with Crippen LogP contribution >= 0.6 is 11.3 Å². The largest absolute Gasteiger partial charge is 0.510 e. The summed E-state index contributed by atoms with van der Waals surface area (Å²) in [4.78, 5) is 18.5. The van der Waals surface area contributed by atoms with E-state index in [2.05, 4.69) is 10.3 Å². The average Bonchev–Trinajstić information content (AvgIpc) is 3.26. The molecule has 0 atom stereocenters. The predicted molar refractivity (Wildman–Crippen MR) is 113 cm³/mol. The van der Waals surface area contributed by atoms with Crippen LogP contribution in [0.3, 0.4) is 0 Å². The van der Waals surface area contributed by atoms with Gasteiger partial charge in [-0.1, -0.05) is 25.1 Å². The predicted octanol–water partition coefficient (Wildman–Crippen LogP) is 4.20. The van der Waals surface area contributed by atoms with Gasteiger partial charge in [0.05, 0.1) is 22.3 Å². The van der Waals surface area contributed by atoms with Gasteiger partial charge in [0.2, 0.25) is 0 Å². The Morgan fingerprint density at radius 2 is 2.11 bits per heavy atom. The molecule has 0 fully saturated rings. The Morgan fingerprint density at radius 1 is 1.29 bits per heavy atom. The van der Waals surface area contributed by atoms with Gasteiger partial charge in [-0.25, -0.2) is 4.98 Å². The Kier molecular flexibility index (Phi) is 4.83. The molecule has 142 valence electrons. The molecule has 1 amide bonds. The minimum atomic E-state index is -0.141. The van der Waals surface area contributed by atoms with Crippen LogP contribution in [-0.4, -0.2) is 34.9 Å². The van der Waals surface area contributed by atoms with Crippen LogP contribution in [0.2, 0.25) is 0 Å². The fourth-order valence-corrected chi connectivity index (χ4v) is 4.19. The van der Waals surface area contributed by atoms with E-state index in [0.29, 0.717) is 28.4 Å². The smallest absolute Gasteiger partial charge is 0.251 e. The number of para-hydroxylation sites is 1. The van der Waals surface area contributed by atoms with Gasteiger partial charge in [-0.3, -0.25) is 10.2 Å². The lowest BCUT2D eigenvalue weighted by atomic mass is 10.1. The zero-order valence-corrected chi connectivity index (χ0v) is 16.2. The number of thiazole rings is 1. The number of carbonyl (C=O) groups excluding carboxylic acids is 1. The average molecular weight is 392 g/mol. The highest BCUT2D eigenvalue weighted by atomic mass is 32.1. The minimum Gasteiger partial charge on any atom is -0.510 e. The van der Waals surface area contributed by atoms with Gasteiger partial charge in [-0.05, 0) is 36.8 Å². The maximum absolute atomic E-state index is 12.3. The van der Waals surface area contributed by atoms with E-state index in [0.717, 1.165) is 16.6 Å². The van der Waals surface area contributed by atoms with Gasteiger partial charge in [0.15, 0.2) is 0 Å². The molecule has 2 aromatic carbocycles. The lowest BCUT2D eigenvalue weighted by Gasteiger charge is -2.19. The molecule has 0 spiro atoms. The van der Waals surface area contributed by atoms with Crippen LogP contribution in [0.15, 0.2) is 54.3 Å². The molecule has 1 aromatic heterocycles. The Hall–Kier alpha value is -3.19. The third-order valence-electron chi connectivity index (χ3n) is 4.57. The molecule has 0 bridgehead atoms. The second-order valence-electron chi connectivity index (χ2n) is 6.55. The molecule has 1 aliphatic rings. The molecular weight excluding hydrogens is 372 g/mol. The topological polar surface area (TPSA) is 89.3 Å². The summed E-state index contributed by atoms with van der Waals surface area (Å²) >= 11 is 1.46. The number of nitrogens with one attached hydrogen (secondary N) is 2. The van der Waals surface area contributed by atoms with Crippen molar-refractivity contribution in [2.75, 3.05) is 18.0 Å². The molecule has 2 heterocycles. The number of aliphatic hydroxyl groups excluding tert-OH is 1. The number of rotatable bonds is 5. The third-order valence-corrected chi connectivity index (χ3v) is 5.62. The van der Waals surface area contributed by atoms with Crippen LogP contribution < -0.4 is 10.2 Å². The van der Waals surface area contributed by atoms with Gasteiger partial charge in [0.1, 0.15) is 16.6 Å². The third kappa shape index (κ3) is 3.25. The van der Waals surface area contributed by atoms with E-state index in [-0.39, 0.29) is 24.0 Å². The van der Waals surface area contributed by atoms with Crippen molar-refractivity contribution in [1.29, 1.82) is 5.41 Å². The van der Waals surface area contributed by atoms with E-state index in [4.69, 9.17) is 5.41 Å². The number of nitrogens with zero attached hydrogens (tertiary/aromatic N) is 2. The first-order valence-electron chi connectivity index (χ1n) is 9.11. The summed E-state index contributed by atoms with van der Waals surface area (Å²) in [6.45, 7) is 2.80. The van der Waals surface area contributed by atoms with Crippen molar-refractivity contribution >= 4 is 44.6 Å². The zero-order valence-electron chi connectivity index (χ0n) is 15.4. The number of aliphatic hydroxyl groups is 1. The molecule has 3 aromatic rings. The van der Waals surface area contributed by atoms with E-state index in [1.54, 1.807) is 23.1 Å². The maximum Gasteiger partial charge on any atom is 0.251 e. The maximum atomic E-state index is 12.3. The SMILES string of the molecule is CCCNC(=O)c1cccc(N2CC(O)=C(c3nc4ccccc4s3)C2=N)c1. The van der Waals surface area contributed by atoms with Crippen molar-refractivity contribution in [3.8, 4) is 0 Å². The molecule has 0 aliphatic carbocycles. The number of amides is 1. The standard InChI is InChI=1S/C21H20N4O2S/c1-2-10-23-20(27)13-6-5-7-14(11-13)25-12-16(26)18(19(25)22)21-24-15-8-3-4-9-17(15)28-21/h3-9,11,22,26H,2,10,12H2,1H3,(H,23,27). The van der Waals surface area contributed by atoms with Gasteiger partial charge in [0.25, 0.3) is 5.91 Å². The first-order chi connectivity index (χ1) is 13.6. The van der Waals surface area contributed by atoms with Crippen molar-refractivity contribution in [2.45, 2.75) is 13.3 Å². The fourth-order valence-electron chi connectivity index (χ4n) is 3.16. The number of amidine groups is 1. The summed E-state index contributed by atoms with van der Waals surface area (Å²) < 4.78 is 1.01. The highest BCUT2D eigenvalue weighted by molar-refractivity contribution is 7.19. The van der Waals surface area contributed by atoms with E-state index < -0.39 is 0 Å². The molecule has 4 rings (SSSR count). The summed E-state index contributed by atoms with van der Waals surface area (Å²) in [5, 5.41) is 22.6. The quantitative estimate of drug-likeness (QED) is 0.607. The highest BCUT2D eigenvalue weighted by Gasteiger charge is 2.31.